The molecule has 0 bridgehead atoms. The molecule has 2 N–H and O–H groups in total. The van der Waals surface area contributed by atoms with Gasteiger partial charge in [-0.3, -0.25) is 19.0 Å². The molecular formula is C16H16N2O4. The maximum Gasteiger partial charge on any atom is 0.251 e. The summed E-state index contributed by atoms with van der Waals surface area (Å²) in [6, 6.07) is 11.4. The summed E-state index contributed by atoms with van der Waals surface area (Å²) >= 11 is 0. The Morgan fingerprint density at radius 2 is 1.77 bits per heavy atom. The van der Waals surface area contributed by atoms with Crippen LogP contribution in [0.4, 0.5) is 0 Å². The van der Waals surface area contributed by atoms with Crippen molar-refractivity contribution in [3.8, 4) is 0 Å². The molecule has 1 aromatic heterocycles. The number of rotatable bonds is 6. The van der Waals surface area contributed by atoms with E-state index in [0.717, 1.165) is 4.57 Å². The lowest BCUT2D eigenvalue weighted by molar-refractivity contribution is -0.123. The predicted molar refractivity (Wildman–Crippen MR) is 80.6 cm³/mol. The molecule has 6 nitrogen and oxygen atoms in total. The van der Waals surface area contributed by atoms with Crippen molar-refractivity contribution in [1.82, 2.24) is 9.88 Å². The minimum atomic E-state index is -1.30. The van der Waals surface area contributed by atoms with E-state index in [1.54, 1.807) is 36.4 Å². The van der Waals surface area contributed by atoms with E-state index in [1.165, 1.54) is 18.3 Å². The van der Waals surface area contributed by atoms with Gasteiger partial charge in [0.1, 0.15) is 0 Å². The average molecular weight is 300 g/mol. The van der Waals surface area contributed by atoms with Crippen molar-refractivity contribution < 1.29 is 14.7 Å². The third kappa shape index (κ3) is 3.48. The number of hydrogen-bond acceptors (Lipinski definition) is 4. The summed E-state index contributed by atoms with van der Waals surface area (Å²) in [5.41, 5.74) is -0.113. The number of aromatic nitrogens is 1. The van der Waals surface area contributed by atoms with Gasteiger partial charge in [0, 0.05) is 24.4 Å². The van der Waals surface area contributed by atoms with Crippen molar-refractivity contribution in [2.75, 3.05) is 13.2 Å². The first kappa shape index (κ1) is 15.7. The number of hydrogen-bond donors (Lipinski definition) is 2. The minimum absolute atomic E-state index is 0.0129. The van der Waals surface area contributed by atoms with Crippen LogP contribution < -0.4 is 10.9 Å². The molecular weight excluding hydrogens is 284 g/mol. The Hall–Kier alpha value is -2.73. The average Bonchev–Trinajstić information content (AvgIpc) is 2.55. The molecule has 2 aromatic rings. The topological polar surface area (TPSA) is 88.4 Å². The standard InChI is InChI=1S/C16H16N2O4/c19-11-9-17-16(22)14(18-10-5-4-8-13(18)20)15(21)12-6-2-1-3-7-12/h1-8,10,14,19H,9,11H2,(H,17,22). The van der Waals surface area contributed by atoms with E-state index in [9.17, 15) is 14.4 Å². The third-order valence-corrected chi connectivity index (χ3v) is 3.10. The zero-order valence-corrected chi connectivity index (χ0v) is 11.8. The van der Waals surface area contributed by atoms with Crippen LogP contribution in [0, 0.1) is 0 Å². The number of pyridine rings is 1. The lowest BCUT2D eigenvalue weighted by atomic mass is 10.0. The molecule has 0 aliphatic rings. The van der Waals surface area contributed by atoms with E-state index in [1.807, 2.05) is 0 Å². The van der Waals surface area contributed by atoms with E-state index in [2.05, 4.69) is 5.32 Å². The smallest absolute Gasteiger partial charge is 0.251 e. The summed E-state index contributed by atoms with van der Waals surface area (Å²) in [5, 5.41) is 11.2. The van der Waals surface area contributed by atoms with Gasteiger partial charge < -0.3 is 10.4 Å². The van der Waals surface area contributed by atoms with Crippen LogP contribution >= 0.6 is 0 Å². The summed E-state index contributed by atoms with van der Waals surface area (Å²) in [6.45, 7) is -0.235. The molecule has 2 rings (SSSR count). The summed E-state index contributed by atoms with van der Waals surface area (Å²) in [4.78, 5) is 36.8. The Labute approximate surface area is 127 Å². The maximum atomic E-state index is 12.6. The number of nitrogens with one attached hydrogen (secondary N) is 1. The van der Waals surface area contributed by atoms with Crippen LogP contribution in [0.2, 0.25) is 0 Å². The van der Waals surface area contributed by atoms with Crippen LogP contribution in [0.3, 0.4) is 0 Å². The molecule has 1 amide bonds. The number of carbonyl (C=O) groups is 2. The van der Waals surface area contributed by atoms with E-state index >= 15 is 0 Å². The van der Waals surface area contributed by atoms with Crippen LogP contribution in [0.15, 0.2) is 59.5 Å². The van der Waals surface area contributed by atoms with Crippen molar-refractivity contribution >= 4 is 11.7 Å². The third-order valence-electron chi connectivity index (χ3n) is 3.10. The summed E-state index contributed by atoms with van der Waals surface area (Å²) in [5.74, 6) is -1.11. The molecule has 6 heteroatoms. The molecule has 0 spiro atoms. The van der Waals surface area contributed by atoms with E-state index in [-0.39, 0.29) is 13.2 Å². The van der Waals surface area contributed by atoms with Crippen molar-refractivity contribution in [1.29, 1.82) is 0 Å². The van der Waals surface area contributed by atoms with Crippen LogP contribution in [0.25, 0.3) is 0 Å². The monoisotopic (exact) mass is 300 g/mol. The highest BCUT2D eigenvalue weighted by Gasteiger charge is 2.29. The normalized spacial score (nSPS) is 11.7. The van der Waals surface area contributed by atoms with E-state index in [0.29, 0.717) is 5.56 Å². The van der Waals surface area contributed by atoms with Gasteiger partial charge >= 0.3 is 0 Å². The Kier molecular flexibility index (Phi) is 5.21. The van der Waals surface area contributed by atoms with Crippen LogP contribution in [0.1, 0.15) is 16.4 Å². The van der Waals surface area contributed by atoms with Crippen molar-refractivity contribution in [3.05, 3.63) is 70.6 Å². The van der Waals surface area contributed by atoms with Gasteiger partial charge in [-0.05, 0) is 6.07 Å². The van der Waals surface area contributed by atoms with Gasteiger partial charge in [-0.15, -0.1) is 0 Å². The van der Waals surface area contributed by atoms with Gasteiger partial charge in [0.15, 0.2) is 11.8 Å². The minimum Gasteiger partial charge on any atom is -0.395 e. The zero-order chi connectivity index (χ0) is 15.9. The lowest BCUT2D eigenvalue weighted by Gasteiger charge is -2.18. The van der Waals surface area contributed by atoms with Gasteiger partial charge in [-0.2, -0.15) is 0 Å². The summed E-state index contributed by atoms with van der Waals surface area (Å²) in [7, 11) is 0. The number of aliphatic hydroxyl groups is 1. The number of ketones is 1. The number of Topliss-reactive ketones (excluding diaryl/α,β-unsaturated/α-hetero) is 1. The van der Waals surface area contributed by atoms with Crippen molar-refractivity contribution in [2.45, 2.75) is 6.04 Å². The second kappa shape index (κ2) is 7.33. The first-order chi connectivity index (χ1) is 10.6. The number of carbonyl (C=O) groups excluding carboxylic acids is 2. The summed E-state index contributed by atoms with van der Waals surface area (Å²) in [6.07, 6.45) is 1.40. The molecule has 0 saturated heterocycles. The molecule has 22 heavy (non-hydrogen) atoms. The molecule has 1 heterocycles. The molecule has 0 fully saturated rings. The first-order valence-corrected chi connectivity index (χ1v) is 6.80. The number of amides is 1. The fourth-order valence-electron chi connectivity index (χ4n) is 2.06. The van der Waals surface area contributed by atoms with Crippen LogP contribution in [-0.4, -0.2) is 34.5 Å². The second-order valence-electron chi connectivity index (χ2n) is 4.59. The van der Waals surface area contributed by atoms with Crippen molar-refractivity contribution in [3.63, 3.8) is 0 Å². The maximum absolute atomic E-state index is 12.6. The van der Waals surface area contributed by atoms with Gasteiger partial charge in [-0.25, -0.2) is 0 Å². The molecule has 0 radical (unpaired) electrons. The first-order valence-electron chi connectivity index (χ1n) is 6.80. The van der Waals surface area contributed by atoms with E-state index < -0.39 is 23.3 Å². The fraction of sp³-hybridized carbons (Fsp3) is 0.188. The van der Waals surface area contributed by atoms with Gasteiger partial charge in [-0.1, -0.05) is 36.4 Å². The molecule has 0 aliphatic carbocycles. The predicted octanol–water partition coefficient (Wildman–Crippen LogP) is 0.381. The molecule has 1 unspecified atom stereocenters. The highest BCUT2D eigenvalue weighted by atomic mass is 16.3. The quantitative estimate of drug-likeness (QED) is 0.596. The Bertz CT molecular complexity index is 709. The highest BCUT2D eigenvalue weighted by Crippen LogP contribution is 2.13. The zero-order valence-electron chi connectivity index (χ0n) is 11.8. The Morgan fingerprint density at radius 3 is 2.41 bits per heavy atom. The van der Waals surface area contributed by atoms with E-state index in [4.69, 9.17) is 5.11 Å². The second-order valence-corrected chi connectivity index (χ2v) is 4.59. The Morgan fingerprint density at radius 1 is 1.09 bits per heavy atom. The van der Waals surface area contributed by atoms with Gasteiger partial charge in [0.25, 0.3) is 11.5 Å². The van der Waals surface area contributed by atoms with Gasteiger partial charge in [0.05, 0.1) is 6.61 Å². The van der Waals surface area contributed by atoms with Crippen LogP contribution in [0.5, 0.6) is 0 Å². The number of benzene rings is 1. The number of nitrogens with zero attached hydrogens (tertiary/aromatic N) is 1. The molecule has 114 valence electrons. The fourth-order valence-corrected chi connectivity index (χ4v) is 2.06. The summed E-state index contributed by atoms with van der Waals surface area (Å²) < 4.78 is 1.09. The lowest BCUT2D eigenvalue weighted by Crippen LogP contribution is -2.42. The Balaban J connectivity index is 2.42. The highest BCUT2D eigenvalue weighted by molar-refractivity contribution is 6.11. The molecule has 0 aliphatic heterocycles. The largest absolute Gasteiger partial charge is 0.395 e. The van der Waals surface area contributed by atoms with Gasteiger partial charge in [0.2, 0.25) is 0 Å². The molecule has 1 atom stereocenters. The molecule has 1 aromatic carbocycles. The molecule has 0 saturated carbocycles. The number of aliphatic hydroxyl groups excluding tert-OH is 1. The van der Waals surface area contributed by atoms with Crippen molar-refractivity contribution in [2.24, 2.45) is 0 Å². The van der Waals surface area contributed by atoms with Crippen LogP contribution in [-0.2, 0) is 4.79 Å². The SMILES string of the molecule is O=C(NCCO)C(C(=O)c1ccccc1)n1ccccc1=O.